The first-order valence-electron chi connectivity index (χ1n) is 8.08. The first-order valence-corrected chi connectivity index (χ1v) is 9.52. The van der Waals surface area contributed by atoms with Crippen LogP contribution in [0.2, 0.25) is 0 Å². The summed E-state index contributed by atoms with van der Waals surface area (Å²) in [4.78, 5) is 11.6. The van der Waals surface area contributed by atoms with Crippen molar-refractivity contribution in [2.24, 2.45) is 11.7 Å². The first-order chi connectivity index (χ1) is 11.4. The van der Waals surface area contributed by atoms with Crippen LogP contribution < -0.4 is 15.8 Å². The minimum Gasteiger partial charge on any atom is -0.496 e. The lowest BCUT2D eigenvalue weighted by Gasteiger charge is -2.31. The summed E-state index contributed by atoms with van der Waals surface area (Å²) in [7, 11) is -2.23. The topological polar surface area (TPSA) is 102 Å². The molecule has 0 aromatic heterocycles. The van der Waals surface area contributed by atoms with Crippen molar-refractivity contribution in [2.75, 3.05) is 33.3 Å². The highest BCUT2D eigenvalue weighted by atomic mass is 32.2. The average molecular weight is 355 g/mol. The van der Waals surface area contributed by atoms with Gasteiger partial charge in [0.15, 0.2) is 0 Å². The van der Waals surface area contributed by atoms with Crippen LogP contribution in [0.15, 0.2) is 23.1 Å². The number of benzene rings is 1. The Morgan fingerprint density at radius 1 is 1.38 bits per heavy atom. The fraction of sp³-hybridized carbons (Fsp3) is 0.562. The standard InChI is InChI=1S/C16H25N3O4S/c1-3-18-11-12-6-8-19(9-7-12)24(21,22)13-4-5-15(23-2)14(10-13)16(17)20/h4-5,10,12,18H,3,6-9,11H2,1-2H3,(H2,17,20). The largest absolute Gasteiger partial charge is 0.496 e. The van der Waals surface area contributed by atoms with Crippen molar-refractivity contribution in [2.45, 2.75) is 24.7 Å². The summed E-state index contributed by atoms with van der Waals surface area (Å²) in [6, 6.07) is 4.21. The maximum Gasteiger partial charge on any atom is 0.252 e. The fourth-order valence-electron chi connectivity index (χ4n) is 2.89. The first kappa shape index (κ1) is 18.7. The highest BCUT2D eigenvalue weighted by Crippen LogP contribution is 2.27. The van der Waals surface area contributed by atoms with Gasteiger partial charge in [-0.1, -0.05) is 6.92 Å². The number of amides is 1. The second-order valence-electron chi connectivity index (χ2n) is 5.88. The van der Waals surface area contributed by atoms with E-state index in [1.54, 1.807) is 0 Å². The molecule has 1 aromatic rings. The lowest BCUT2D eigenvalue weighted by molar-refractivity contribution is 0.0997. The van der Waals surface area contributed by atoms with Gasteiger partial charge in [0, 0.05) is 13.1 Å². The molecule has 7 nitrogen and oxygen atoms in total. The predicted molar refractivity (Wildman–Crippen MR) is 91.5 cm³/mol. The predicted octanol–water partition coefficient (Wildman–Crippen LogP) is 0.804. The number of carbonyl (C=O) groups is 1. The number of sulfonamides is 1. The van der Waals surface area contributed by atoms with E-state index in [0.717, 1.165) is 25.9 Å². The van der Waals surface area contributed by atoms with Crippen LogP contribution in [0.3, 0.4) is 0 Å². The zero-order valence-electron chi connectivity index (χ0n) is 14.1. The van der Waals surface area contributed by atoms with Gasteiger partial charge in [-0.25, -0.2) is 8.42 Å². The van der Waals surface area contributed by atoms with Crippen LogP contribution in [0.5, 0.6) is 5.75 Å². The molecule has 1 heterocycles. The minimum atomic E-state index is -3.64. The molecule has 134 valence electrons. The molecule has 1 saturated heterocycles. The second-order valence-corrected chi connectivity index (χ2v) is 7.82. The number of rotatable bonds is 7. The summed E-state index contributed by atoms with van der Waals surface area (Å²) >= 11 is 0. The quantitative estimate of drug-likeness (QED) is 0.753. The summed E-state index contributed by atoms with van der Waals surface area (Å²) in [5.74, 6) is 0.0486. The third-order valence-electron chi connectivity index (χ3n) is 4.33. The monoisotopic (exact) mass is 355 g/mol. The maximum atomic E-state index is 12.8. The van der Waals surface area contributed by atoms with Crippen molar-refractivity contribution in [1.29, 1.82) is 0 Å². The molecule has 0 aliphatic carbocycles. The molecule has 0 unspecified atom stereocenters. The molecule has 0 saturated carbocycles. The molecule has 0 spiro atoms. The molecule has 0 radical (unpaired) electrons. The smallest absolute Gasteiger partial charge is 0.252 e. The van der Waals surface area contributed by atoms with Crippen molar-refractivity contribution in [1.82, 2.24) is 9.62 Å². The van der Waals surface area contributed by atoms with Gasteiger partial charge in [0.1, 0.15) is 5.75 Å². The summed E-state index contributed by atoms with van der Waals surface area (Å²) in [6.07, 6.45) is 1.65. The molecule has 1 amide bonds. The van der Waals surface area contributed by atoms with Crippen LogP contribution in [0.25, 0.3) is 0 Å². The number of hydrogen-bond donors (Lipinski definition) is 2. The van der Waals surface area contributed by atoms with Crippen molar-refractivity contribution in [3.05, 3.63) is 23.8 Å². The van der Waals surface area contributed by atoms with Gasteiger partial charge in [-0.15, -0.1) is 0 Å². The molecule has 0 atom stereocenters. The average Bonchev–Trinajstić information content (AvgIpc) is 2.59. The van der Waals surface area contributed by atoms with E-state index in [-0.39, 0.29) is 16.2 Å². The highest BCUT2D eigenvalue weighted by molar-refractivity contribution is 7.89. The van der Waals surface area contributed by atoms with Gasteiger partial charge in [-0.05, 0) is 50.0 Å². The van der Waals surface area contributed by atoms with Gasteiger partial charge in [0.25, 0.3) is 5.91 Å². The van der Waals surface area contributed by atoms with Crippen molar-refractivity contribution in [3.8, 4) is 5.75 Å². The molecule has 1 aromatic carbocycles. The molecule has 0 bridgehead atoms. The molecule has 2 rings (SSSR count). The Hall–Kier alpha value is -1.64. The Morgan fingerprint density at radius 2 is 2.04 bits per heavy atom. The highest BCUT2D eigenvalue weighted by Gasteiger charge is 2.30. The van der Waals surface area contributed by atoms with Crippen LogP contribution >= 0.6 is 0 Å². The fourth-order valence-corrected chi connectivity index (χ4v) is 4.39. The van der Waals surface area contributed by atoms with E-state index in [1.165, 1.54) is 29.6 Å². The van der Waals surface area contributed by atoms with Gasteiger partial charge in [-0.2, -0.15) is 4.31 Å². The third kappa shape index (κ3) is 4.06. The number of carbonyl (C=O) groups excluding carboxylic acids is 1. The summed E-state index contributed by atoms with van der Waals surface area (Å²) in [5, 5.41) is 3.30. The van der Waals surface area contributed by atoms with Gasteiger partial charge in [0.05, 0.1) is 17.6 Å². The molecular formula is C16H25N3O4S. The van der Waals surface area contributed by atoms with Crippen LogP contribution in [-0.4, -0.2) is 51.9 Å². The van der Waals surface area contributed by atoms with Crippen LogP contribution in [-0.2, 0) is 10.0 Å². The zero-order valence-corrected chi connectivity index (χ0v) is 14.9. The second kappa shape index (κ2) is 7.96. The Morgan fingerprint density at radius 3 is 2.58 bits per heavy atom. The van der Waals surface area contributed by atoms with Crippen molar-refractivity contribution >= 4 is 15.9 Å². The molecule has 1 aliphatic rings. The van der Waals surface area contributed by atoms with Gasteiger partial charge in [-0.3, -0.25) is 4.79 Å². The van der Waals surface area contributed by atoms with Crippen LogP contribution in [0.4, 0.5) is 0 Å². The number of piperidine rings is 1. The van der Waals surface area contributed by atoms with Crippen LogP contribution in [0, 0.1) is 5.92 Å². The Bertz CT molecular complexity index is 683. The normalized spacial score (nSPS) is 16.9. The lowest BCUT2D eigenvalue weighted by atomic mass is 9.98. The number of nitrogens with zero attached hydrogens (tertiary/aromatic N) is 1. The lowest BCUT2D eigenvalue weighted by Crippen LogP contribution is -2.40. The molecule has 3 N–H and O–H groups in total. The van der Waals surface area contributed by atoms with Crippen LogP contribution in [0.1, 0.15) is 30.1 Å². The number of primary amides is 1. The maximum absolute atomic E-state index is 12.8. The summed E-state index contributed by atoms with van der Waals surface area (Å²) in [5.41, 5.74) is 5.38. The summed E-state index contributed by atoms with van der Waals surface area (Å²) in [6.45, 7) is 4.85. The molecule has 24 heavy (non-hydrogen) atoms. The van der Waals surface area contributed by atoms with E-state index in [2.05, 4.69) is 12.2 Å². The Kier molecular flexibility index (Phi) is 6.20. The van der Waals surface area contributed by atoms with E-state index in [1.807, 2.05) is 0 Å². The molecule has 1 aliphatic heterocycles. The SMILES string of the molecule is CCNCC1CCN(S(=O)(=O)c2ccc(OC)c(C(N)=O)c2)CC1. The van der Waals surface area contributed by atoms with Gasteiger partial charge < -0.3 is 15.8 Å². The van der Waals surface area contributed by atoms with Gasteiger partial charge >= 0.3 is 0 Å². The number of methoxy groups -OCH3 is 1. The Labute approximate surface area is 143 Å². The van der Waals surface area contributed by atoms with E-state index in [4.69, 9.17) is 10.5 Å². The third-order valence-corrected chi connectivity index (χ3v) is 6.23. The van der Waals surface area contributed by atoms with E-state index in [9.17, 15) is 13.2 Å². The van der Waals surface area contributed by atoms with E-state index < -0.39 is 15.9 Å². The number of ether oxygens (including phenoxy) is 1. The van der Waals surface area contributed by atoms with Crippen molar-refractivity contribution < 1.29 is 17.9 Å². The van der Waals surface area contributed by atoms with Gasteiger partial charge in [0.2, 0.25) is 10.0 Å². The molecule has 1 fully saturated rings. The van der Waals surface area contributed by atoms with E-state index >= 15 is 0 Å². The summed E-state index contributed by atoms with van der Waals surface area (Å²) < 4.78 is 32.1. The number of nitrogens with two attached hydrogens (primary N) is 1. The zero-order chi connectivity index (χ0) is 17.7. The molecule has 8 heteroatoms. The van der Waals surface area contributed by atoms with E-state index in [0.29, 0.717) is 19.0 Å². The van der Waals surface area contributed by atoms with Crippen molar-refractivity contribution in [3.63, 3.8) is 0 Å². The number of hydrogen-bond acceptors (Lipinski definition) is 5. The Balaban J connectivity index is 2.16. The molecular weight excluding hydrogens is 330 g/mol. The minimum absolute atomic E-state index is 0.0700. The number of nitrogens with one attached hydrogen (secondary N) is 1.